The van der Waals surface area contributed by atoms with E-state index in [1.165, 1.54) is 89.9 Å². The van der Waals surface area contributed by atoms with E-state index in [-0.39, 0.29) is 19.8 Å². The van der Waals surface area contributed by atoms with Gasteiger partial charge in [-0.1, -0.05) is 110 Å². The summed E-state index contributed by atoms with van der Waals surface area (Å²) >= 11 is 0. The number of aliphatic hydroxyl groups excluding tert-OH is 4. The zero-order valence-electron chi connectivity index (χ0n) is 24.2. The number of hydrogen-bond acceptors (Lipinski definition) is 14. The molecule has 1 atom stereocenters. The van der Waals surface area contributed by atoms with Gasteiger partial charge in [0.1, 0.15) is 0 Å². The van der Waals surface area contributed by atoms with Gasteiger partial charge in [0.05, 0.1) is 31.3 Å². The topological polar surface area (TPSA) is 261 Å². The molecule has 18 heteroatoms. The molecule has 12 N–H and O–H groups in total. The summed E-state index contributed by atoms with van der Waals surface area (Å²) in [4.78, 5) is 62.5. The van der Waals surface area contributed by atoms with Crippen LogP contribution in [0.4, 0.5) is 0 Å². The second-order valence-corrected chi connectivity index (χ2v) is 12.9. The Morgan fingerprint density at radius 3 is 0.902 bits per heavy atom. The van der Waals surface area contributed by atoms with Crippen molar-refractivity contribution in [3.63, 3.8) is 0 Å². The quantitative estimate of drug-likeness (QED) is 0.0483. The summed E-state index contributed by atoms with van der Waals surface area (Å²) in [5.41, 5.74) is -1.16. The Hall–Kier alpha value is 1.16. The van der Waals surface area contributed by atoms with Gasteiger partial charge in [-0.05, 0) is 6.42 Å². The third kappa shape index (κ3) is 35.5. The van der Waals surface area contributed by atoms with Crippen LogP contribution < -0.4 is 0 Å². The van der Waals surface area contributed by atoms with Gasteiger partial charge in [0.15, 0.2) is 0 Å². The van der Waals surface area contributed by atoms with E-state index in [1.54, 1.807) is 0 Å². The van der Waals surface area contributed by atoms with Crippen molar-refractivity contribution in [2.45, 2.75) is 122 Å². The monoisotopic (exact) mass is 680 g/mol. The van der Waals surface area contributed by atoms with E-state index in [0.29, 0.717) is 6.42 Å². The first-order chi connectivity index (χ1) is 19.4. The third-order valence-corrected chi connectivity index (χ3v) is 8.61. The van der Waals surface area contributed by atoms with Gasteiger partial charge in [-0.3, -0.25) is 0 Å². The van der Waals surface area contributed by atoms with Crippen molar-refractivity contribution >= 4 is 34.4 Å². The molecule has 0 rings (SSSR count). The molecule has 0 aliphatic carbocycles. The summed E-state index contributed by atoms with van der Waals surface area (Å²) in [6.07, 6.45) is 20.6. The second kappa shape index (κ2) is 34.0. The van der Waals surface area contributed by atoms with Crippen LogP contribution in [0, 0.1) is 5.41 Å². The van der Waals surface area contributed by atoms with Crippen molar-refractivity contribution in [1.29, 1.82) is 0 Å². The molecule has 0 aliphatic heterocycles. The highest BCUT2D eigenvalue weighted by molar-refractivity contribution is 7.53. The predicted octanol–water partition coefficient (Wildman–Crippen LogP) is 3.81. The minimum atomic E-state index is -2.61. The molecule has 14 nitrogen and oxygen atoms in total. The Morgan fingerprint density at radius 1 is 0.463 bits per heavy atom. The average molecular weight is 681 g/mol. The zero-order chi connectivity index (χ0) is 31.9. The van der Waals surface area contributed by atoms with Gasteiger partial charge in [-0.25, -0.2) is 8.62 Å². The van der Waals surface area contributed by atoms with Crippen LogP contribution in [0.3, 0.4) is 0 Å². The molecule has 0 spiro atoms. The Labute approximate surface area is 250 Å². The highest BCUT2D eigenvalue weighted by atomic mass is 31.2. The van der Waals surface area contributed by atoms with Gasteiger partial charge < -0.3 is 59.6 Å². The summed E-state index contributed by atoms with van der Waals surface area (Å²) in [5.74, 6) is 0. The summed E-state index contributed by atoms with van der Waals surface area (Å²) in [6, 6.07) is 0. The van der Waals surface area contributed by atoms with Gasteiger partial charge in [0.25, 0.3) is 0 Å². The third-order valence-electron chi connectivity index (χ3n) is 6.27. The lowest BCUT2D eigenvalue weighted by molar-refractivity contribution is -0.0863. The predicted molar refractivity (Wildman–Crippen MR) is 161 cm³/mol. The Kier molecular flexibility index (Phi) is 38.7. The van der Waals surface area contributed by atoms with E-state index >= 15 is 0 Å². The molecule has 0 aromatic heterocycles. The molecule has 0 bridgehead atoms. The molecular formula is C23H56O14P4. The first kappa shape index (κ1) is 46.6. The number of unbranched alkanes of at least 4 members (excludes halogenated alkanes) is 15. The first-order valence-corrected chi connectivity index (χ1v) is 18.7. The molecule has 252 valence electrons. The van der Waals surface area contributed by atoms with E-state index in [0.717, 1.165) is 12.8 Å². The van der Waals surface area contributed by atoms with Gasteiger partial charge in [0.2, 0.25) is 0 Å². The summed E-state index contributed by atoms with van der Waals surface area (Å²) in [6.45, 7) is 1.10. The lowest BCUT2D eigenvalue weighted by Gasteiger charge is -2.32. The molecule has 0 aliphatic rings. The highest BCUT2D eigenvalue weighted by Gasteiger charge is 2.36. The number of aliphatic hydroxyl groups is 4. The summed E-state index contributed by atoms with van der Waals surface area (Å²) in [5, 5.41) is 38.0. The SMILES string of the molecule is CCCCCCCCCCCCCCCCCCC(O)C(CO)(CO)CO.OP(O)OP(O)O.OP(O)OP(O)O. The molecule has 0 aromatic rings. The van der Waals surface area contributed by atoms with Gasteiger partial charge in [0, 0.05) is 0 Å². The van der Waals surface area contributed by atoms with E-state index in [2.05, 4.69) is 15.5 Å². The van der Waals surface area contributed by atoms with Crippen LogP contribution in [0.15, 0.2) is 0 Å². The van der Waals surface area contributed by atoms with Crippen molar-refractivity contribution in [2.75, 3.05) is 19.8 Å². The largest absolute Gasteiger partial charge is 0.396 e. The maximum atomic E-state index is 10.1. The normalized spacial score (nSPS) is 12.5. The average Bonchev–Trinajstić information content (AvgIpc) is 2.89. The van der Waals surface area contributed by atoms with Crippen molar-refractivity contribution in [2.24, 2.45) is 5.41 Å². The van der Waals surface area contributed by atoms with Crippen LogP contribution >= 0.6 is 34.4 Å². The Balaban J connectivity index is -0.000000840. The Bertz CT molecular complexity index is 473. The van der Waals surface area contributed by atoms with Crippen molar-refractivity contribution in [1.82, 2.24) is 0 Å². The van der Waals surface area contributed by atoms with Crippen molar-refractivity contribution < 1.29 is 68.2 Å². The van der Waals surface area contributed by atoms with Crippen LogP contribution in [-0.4, -0.2) is 85.5 Å². The number of hydrogen-bond donors (Lipinski definition) is 12. The minimum Gasteiger partial charge on any atom is -0.396 e. The molecule has 0 aromatic carbocycles. The van der Waals surface area contributed by atoms with E-state index in [1.807, 2.05) is 0 Å². The first-order valence-electron chi connectivity index (χ1n) is 14.0. The van der Waals surface area contributed by atoms with Crippen LogP contribution in [0.1, 0.15) is 116 Å². The van der Waals surface area contributed by atoms with Crippen molar-refractivity contribution in [3.05, 3.63) is 0 Å². The molecule has 0 saturated carbocycles. The molecule has 0 radical (unpaired) electrons. The van der Waals surface area contributed by atoms with Crippen LogP contribution in [0.2, 0.25) is 0 Å². The van der Waals surface area contributed by atoms with Crippen LogP contribution in [0.5, 0.6) is 0 Å². The fourth-order valence-electron chi connectivity index (χ4n) is 3.79. The summed E-state index contributed by atoms with van der Waals surface area (Å²) in [7, 11) is -10.4. The van der Waals surface area contributed by atoms with Gasteiger partial charge >= 0.3 is 34.4 Å². The maximum absolute atomic E-state index is 10.1. The summed E-state index contributed by atoms with van der Waals surface area (Å²) < 4.78 is 7.20. The lowest BCUT2D eigenvalue weighted by atomic mass is 9.82. The standard InChI is InChI=1S/C23H48O4.2H4O5P2/c1-2-3-4-5-6-7-8-9-10-11-12-13-14-15-16-17-18-22(27)23(19-24,20-25)21-26;2*1-6(2)5-7(3)4/h22,24-27H,2-21H2,1H3;2*1-4H. The number of rotatable bonds is 25. The van der Waals surface area contributed by atoms with Gasteiger partial charge in [-0.15, -0.1) is 0 Å². The van der Waals surface area contributed by atoms with Crippen LogP contribution in [0.25, 0.3) is 0 Å². The maximum Gasteiger partial charge on any atom is 0.334 e. The minimum absolute atomic E-state index is 0.389. The molecule has 0 saturated heterocycles. The zero-order valence-corrected chi connectivity index (χ0v) is 27.8. The van der Waals surface area contributed by atoms with Gasteiger partial charge in [-0.2, -0.15) is 0 Å². The molecule has 0 fully saturated rings. The highest BCUT2D eigenvalue weighted by Crippen LogP contribution is 2.42. The molecular weight excluding hydrogens is 624 g/mol. The second-order valence-electron chi connectivity index (χ2n) is 9.62. The fourth-order valence-corrected chi connectivity index (χ4v) is 4.83. The molecule has 0 amide bonds. The van der Waals surface area contributed by atoms with E-state index in [9.17, 15) is 20.4 Å². The van der Waals surface area contributed by atoms with Crippen LogP contribution in [-0.2, 0) is 8.62 Å². The molecule has 0 heterocycles. The van der Waals surface area contributed by atoms with E-state index in [4.69, 9.17) is 39.1 Å². The molecule has 1 unspecified atom stereocenters. The fraction of sp³-hybridized carbons (Fsp3) is 1.00. The van der Waals surface area contributed by atoms with Crippen molar-refractivity contribution in [3.8, 4) is 0 Å². The molecule has 41 heavy (non-hydrogen) atoms. The smallest absolute Gasteiger partial charge is 0.334 e. The lowest BCUT2D eigenvalue weighted by Crippen LogP contribution is -2.45. The Morgan fingerprint density at radius 2 is 0.707 bits per heavy atom. The van der Waals surface area contributed by atoms with E-state index < -0.39 is 45.9 Å².